The van der Waals surface area contributed by atoms with Gasteiger partial charge in [-0.1, -0.05) is 22.4 Å². The number of para-hydroxylation sites is 1. The zero-order valence-electron chi connectivity index (χ0n) is 17.8. The smallest absolute Gasteiger partial charge is 0.342 e. The molecule has 4 aromatic rings. The molecule has 2 heterocycles. The summed E-state index contributed by atoms with van der Waals surface area (Å²) in [6, 6.07) is 14.0. The van der Waals surface area contributed by atoms with Gasteiger partial charge in [-0.3, -0.25) is 0 Å². The molecule has 0 saturated carbocycles. The van der Waals surface area contributed by atoms with Crippen LogP contribution in [0.3, 0.4) is 0 Å². The molecule has 164 valence electrons. The summed E-state index contributed by atoms with van der Waals surface area (Å²) in [6.45, 7) is 3.72. The first-order valence-electron chi connectivity index (χ1n) is 9.83. The van der Waals surface area contributed by atoms with Crippen LogP contribution in [0.25, 0.3) is 11.5 Å². The van der Waals surface area contributed by atoms with Crippen molar-refractivity contribution in [2.75, 3.05) is 7.11 Å². The number of esters is 1. The summed E-state index contributed by atoms with van der Waals surface area (Å²) in [5, 5.41) is 7.78. The number of rotatable bonds is 8. The van der Waals surface area contributed by atoms with Gasteiger partial charge in [0.2, 0.25) is 5.82 Å². The van der Waals surface area contributed by atoms with Gasteiger partial charge >= 0.3 is 5.97 Å². The van der Waals surface area contributed by atoms with Gasteiger partial charge in [0.25, 0.3) is 5.89 Å². The van der Waals surface area contributed by atoms with Crippen LogP contribution in [0.4, 0.5) is 0 Å². The third-order valence-corrected chi connectivity index (χ3v) is 4.80. The lowest BCUT2D eigenvalue weighted by atomic mass is 10.2. The Hall–Kier alpha value is -4.14. The van der Waals surface area contributed by atoms with Crippen molar-refractivity contribution < 1.29 is 28.1 Å². The van der Waals surface area contributed by atoms with Gasteiger partial charge in [-0.2, -0.15) is 4.98 Å². The highest BCUT2D eigenvalue weighted by Gasteiger charge is 2.17. The average Bonchev–Trinajstić information content (AvgIpc) is 3.43. The maximum absolute atomic E-state index is 12.6. The molecule has 0 aliphatic rings. The minimum absolute atomic E-state index is 0.142. The Kier molecular flexibility index (Phi) is 6.16. The number of hydrogen-bond donors (Lipinski definition) is 0. The first-order chi connectivity index (χ1) is 15.5. The molecule has 9 heteroatoms. The monoisotopic (exact) mass is 435 g/mol. The Morgan fingerprint density at radius 1 is 0.969 bits per heavy atom. The lowest BCUT2D eigenvalue weighted by Crippen LogP contribution is -2.09. The number of hydrogen-bond acceptors (Lipinski definition) is 9. The third-order valence-electron chi connectivity index (χ3n) is 4.80. The number of nitrogens with zero attached hydrogens (tertiary/aromatic N) is 3. The van der Waals surface area contributed by atoms with E-state index in [1.807, 2.05) is 13.8 Å². The molecule has 0 amide bonds. The van der Waals surface area contributed by atoms with Gasteiger partial charge in [0.1, 0.15) is 29.4 Å². The zero-order chi connectivity index (χ0) is 22.5. The van der Waals surface area contributed by atoms with Crippen LogP contribution < -0.4 is 9.47 Å². The third kappa shape index (κ3) is 4.61. The summed E-state index contributed by atoms with van der Waals surface area (Å²) in [7, 11) is 1.59. The van der Waals surface area contributed by atoms with Gasteiger partial charge in [0, 0.05) is 5.56 Å². The second kappa shape index (κ2) is 9.34. The fourth-order valence-corrected chi connectivity index (χ4v) is 2.99. The second-order valence-corrected chi connectivity index (χ2v) is 6.91. The Bertz CT molecular complexity index is 1190. The van der Waals surface area contributed by atoms with Crippen LogP contribution >= 0.6 is 0 Å². The SMILES string of the molecule is COc1ccc(-c2nc(COC(=O)c3ccccc3OCc3c(C)noc3C)no2)cc1. The van der Waals surface area contributed by atoms with Crippen LogP contribution in [0.15, 0.2) is 57.6 Å². The molecule has 0 unspecified atom stereocenters. The van der Waals surface area contributed by atoms with Crippen LogP contribution in [0, 0.1) is 13.8 Å². The molecule has 0 N–H and O–H groups in total. The molecular weight excluding hydrogens is 414 g/mol. The fourth-order valence-electron chi connectivity index (χ4n) is 2.99. The summed E-state index contributed by atoms with van der Waals surface area (Å²) in [4.78, 5) is 16.9. The molecule has 0 bridgehead atoms. The highest BCUT2D eigenvalue weighted by Crippen LogP contribution is 2.23. The molecule has 0 spiro atoms. The predicted octanol–water partition coefficient (Wildman–Crippen LogP) is 4.29. The molecule has 2 aromatic carbocycles. The molecule has 4 rings (SSSR count). The number of benzene rings is 2. The standard InChI is InChI=1S/C23H21N3O6/c1-14-19(15(2)31-25-14)12-29-20-7-5-4-6-18(20)23(27)30-13-21-24-22(32-26-21)16-8-10-17(28-3)11-9-16/h4-11H,12-13H2,1-3H3. The summed E-state index contributed by atoms with van der Waals surface area (Å²) < 4.78 is 26.7. The van der Waals surface area contributed by atoms with E-state index in [2.05, 4.69) is 15.3 Å². The molecule has 0 aliphatic heterocycles. The molecular formula is C23H21N3O6. The quantitative estimate of drug-likeness (QED) is 0.374. The van der Waals surface area contributed by atoms with E-state index in [0.717, 1.165) is 22.6 Å². The first kappa shape index (κ1) is 21.1. The van der Waals surface area contributed by atoms with E-state index in [1.165, 1.54) is 0 Å². The number of methoxy groups -OCH3 is 1. The normalized spacial score (nSPS) is 10.7. The van der Waals surface area contributed by atoms with Crippen molar-refractivity contribution in [1.29, 1.82) is 0 Å². The molecule has 0 atom stereocenters. The van der Waals surface area contributed by atoms with E-state index in [0.29, 0.717) is 17.4 Å². The van der Waals surface area contributed by atoms with Crippen LogP contribution in [0.2, 0.25) is 0 Å². The van der Waals surface area contributed by atoms with Gasteiger partial charge in [0.15, 0.2) is 6.61 Å². The van der Waals surface area contributed by atoms with Crippen molar-refractivity contribution in [2.24, 2.45) is 0 Å². The van der Waals surface area contributed by atoms with Crippen molar-refractivity contribution in [3.8, 4) is 23.0 Å². The summed E-state index contributed by atoms with van der Waals surface area (Å²) >= 11 is 0. The highest BCUT2D eigenvalue weighted by molar-refractivity contribution is 5.92. The summed E-state index contributed by atoms with van der Waals surface area (Å²) in [5.74, 6) is 1.80. The molecule has 2 aromatic heterocycles. The van der Waals surface area contributed by atoms with Crippen molar-refractivity contribution in [2.45, 2.75) is 27.1 Å². The Labute approximate surface area is 183 Å². The fraction of sp³-hybridized carbons (Fsp3) is 0.217. The second-order valence-electron chi connectivity index (χ2n) is 6.91. The van der Waals surface area contributed by atoms with Gasteiger partial charge < -0.3 is 23.3 Å². The van der Waals surface area contributed by atoms with Crippen LogP contribution in [-0.2, 0) is 18.0 Å². The Morgan fingerprint density at radius 3 is 2.47 bits per heavy atom. The maximum Gasteiger partial charge on any atom is 0.342 e. The van der Waals surface area contributed by atoms with Crippen molar-refractivity contribution in [3.05, 3.63) is 76.9 Å². The number of ether oxygens (including phenoxy) is 3. The largest absolute Gasteiger partial charge is 0.497 e. The van der Waals surface area contributed by atoms with Crippen molar-refractivity contribution >= 4 is 5.97 Å². The Balaban J connectivity index is 1.40. The van der Waals surface area contributed by atoms with E-state index < -0.39 is 5.97 Å². The topological polar surface area (TPSA) is 110 Å². The van der Waals surface area contributed by atoms with Crippen LogP contribution in [-0.4, -0.2) is 28.4 Å². The number of carbonyl (C=O) groups excluding carboxylic acids is 1. The van der Waals surface area contributed by atoms with Gasteiger partial charge in [-0.25, -0.2) is 4.79 Å². The van der Waals surface area contributed by atoms with Crippen molar-refractivity contribution in [3.63, 3.8) is 0 Å². The maximum atomic E-state index is 12.6. The van der Waals surface area contributed by atoms with Crippen molar-refractivity contribution in [1.82, 2.24) is 15.3 Å². The van der Waals surface area contributed by atoms with E-state index in [4.69, 9.17) is 23.3 Å². The van der Waals surface area contributed by atoms with Gasteiger partial charge in [-0.15, -0.1) is 0 Å². The minimum Gasteiger partial charge on any atom is -0.497 e. The van der Waals surface area contributed by atoms with E-state index in [-0.39, 0.29) is 24.6 Å². The minimum atomic E-state index is -0.560. The lowest BCUT2D eigenvalue weighted by molar-refractivity contribution is 0.0454. The molecule has 0 saturated heterocycles. The molecule has 9 nitrogen and oxygen atoms in total. The highest BCUT2D eigenvalue weighted by atomic mass is 16.5. The molecule has 0 radical (unpaired) electrons. The molecule has 32 heavy (non-hydrogen) atoms. The number of carbonyl (C=O) groups is 1. The van der Waals surface area contributed by atoms with E-state index in [9.17, 15) is 4.79 Å². The number of aromatic nitrogens is 3. The van der Waals surface area contributed by atoms with Crippen LogP contribution in [0.1, 0.15) is 33.2 Å². The predicted molar refractivity (Wildman–Crippen MR) is 112 cm³/mol. The average molecular weight is 435 g/mol. The van der Waals surface area contributed by atoms with Crippen LogP contribution in [0.5, 0.6) is 11.5 Å². The first-order valence-corrected chi connectivity index (χ1v) is 9.83. The molecule has 0 fully saturated rings. The molecule has 0 aliphatic carbocycles. The van der Waals surface area contributed by atoms with Gasteiger partial charge in [-0.05, 0) is 50.2 Å². The summed E-state index contributed by atoms with van der Waals surface area (Å²) in [6.07, 6.45) is 0. The number of aryl methyl sites for hydroxylation is 2. The van der Waals surface area contributed by atoms with E-state index in [1.54, 1.807) is 55.6 Å². The van der Waals surface area contributed by atoms with Gasteiger partial charge in [0.05, 0.1) is 18.4 Å². The Morgan fingerprint density at radius 2 is 1.75 bits per heavy atom. The lowest BCUT2D eigenvalue weighted by Gasteiger charge is -2.10. The summed E-state index contributed by atoms with van der Waals surface area (Å²) in [5.41, 5.74) is 2.60. The van der Waals surface area contributed by atoms with E-state index >= 15 is 0 Å². The zero-order valence-corrected chi connectivity index (χ0v) is 17.8.